The average molecular weight is 277 g/mol. The molecule has 2 N–H and O–H groups in total. The molecular weight excluding hydrogens is 258 g/mol. The van der Waals surface area contributed by atoms with Gasteiger partial charge in [0.05, 0.1) is 12.5 Å². The Labute approximate surface area is 117 Å². The third kappa shape index (κ3) is 3.17. The van der Waals surface area contributed by atoms with Gasteiger partial charge in [0.2, 0.25) is 5.91 Å². The van der Waals surface area contributed by atoms with E-state index in [2.05, 4.69) is 0 Å². The summed E-state index contributed by atoms with van der Waals surface area (Å²) in [5.74, 6) is -0.766. The fraction of sp³-hybridized carbons (Fsp3) is 0.467. The maximum Gasteiger partial charge on any atom is 0.303 e. The fourth-order valence-corrected chi connectivity index (χ4v) is 2.45. The van der Waals surface area contributed by atoms with Gasteiger partial charge >= 0.3 is 5.97 Å². The van der Waals surface area contributed by atoms with Crippen LogP contribution < -0.4 is 4.90 Å². The number of benzene rings is 1. The highest BCUT2D eigenvalue weighted by Gasteiger charge is 2.27. The lowest BCUT2D eigenvalue weighted by molar-refractivity contribution is -0.137. The largest absolute Gasteiger partial charge is 0.481 e. The molecule has 0 saturated heterocycles. The zero-order valence-electron chi connectivity index (χ0n) is 11.5. The van der Waals surface area contributed by atoms with Crippen molar-refractivity contribution in [3.05, 3.63) is 29.3 Å². The van der Waals surface area contributed by atoms with Crippen LogP contribution in [-0.2, 0) is 16.0 Å². The van der Waals surface area contributed by atoms with E-state index in [0.29, 0.717) is 25.8 Å². The van der Waals surface area contributed by atoms with Crippen molar-refractivity contribution in [1.82, 2.24) is 0 Å². The van der Waals surface area contributed by atoms with Crippen molar-refractivity contribution in [2.24, 2.45) is 0 Å². The number of carbonyl (C=O) groups is 2. The summed E-state index contributed by atoms with van der Waals surface area (Å²) >= 11 is 0. The lowest BCUT2D eigenvalue weighted by Gasteiger charge is -2.17. The highest BCUT2D eigenvalue weighted by molar-refractivity contribution is 6.01. The van der Waals surface area contributed by atoms with E-state index in [1.54, 1.807) is 11.8 Å². The molecule has 5 heteroatoms. The Kier molecular flexibility index (Phi) is 4.39. The predicted molar refractivity (Wildman–Crippen MR) is 74.6 cm³/mol. The lowest BCUT2D eigenvalue weighted by atomic mass is 10.1. The number of fused-ring (bicyclic) bond motifs is 1. The van der Waals surface area contributed by atoms with Gasteiger partial charge in [-0.2, -0.15) is 0 Å². The van der Waals surface area contributed by atoms with E-state index < -0.39 is 12.1 Å². The molecule has 1 amide bonds. The van der Waals surface area contributed by atoms with E-state index in [9.17, 15) is 14.7 Å². The Morgan fingerprint density at radius 3 is 2.80 bits per heavy atom. The van der Waals surface area contributed by atoms with Crippen LogP contribution in [0.2, 0.25) is 0 Å². The fourth-order valence-electron chi connectivity index (χ4n) is 2.45. The van der Waals surface area contributed by atoms with Gasteiger partial charge in [-0.15, -0.1) is 0 Å². The molecule has 1 atom stereocenters. The van der Waals surface area contributed by atoms with Crippen LogP contribution in [0.15, 0.2) is 18.2 Å². The van der Waals surface area contributed by atoms with Crippen molar-refractivity contribution in [3.8, 4) is 0 Å². The van der Waals surface area contributed by atoms with Gasteiger partial charge in [0.1, 0.15) is 0 Å². The molecule has 2 rings (SSSR count). The normalized spacial score (nSPS) is 15.3. The Bertz CT molecular complexity index is 525. The third-order valence-corrected chi connectivity index (χ3v) is 3.54. The van der Waals surface area contributed by atoms with Crippen LogP contribution in [0.4, 0.5) is 5.69 Å². The van der Waals surface area contributed by atoms with Gasteiger partial charge in [-0.25, -0.2) is 0 Å². The molecule has 0 aliphatic carbocycles. The molecule has 5 nitrogen and oxygen atoms in total. The van der Waals surface area contributed by atoms with Crippen LogP contribution in [0.3, 0.4) is 0 Å². The number of carbonyl (C=O) groups excluding carboxylic acids is 1. The van der Waals surface area contributed by atoms with Crippen LogP contribution in [0, 0.1) is 0 Å². The van der Waals surface area contributed by atoms with E-state index in [1.165, 1.54) is 0 Å². The number of anilines is 1. The zero-order chi connectivity index (χ0) is 14.7. The predicted octanol–water partition coefficient (Wildman–Crippen LogP) is 1.88. The van der Waals surface area contributed by atoms with E-state index in [4.69, 9.17) is 5.11 Å². The summed E-state index contributed by atoms with van der Waals surface area (Å²) in [6, 6.07) is 5.56. The van der Waals surface area contributed by atoms with Gasteiger partial charge < -0.3 is 15.1 Å². The minimum absolute atomic E-state index is 0.0399. The van der Waals surface area contributed by atoms with E-state index in [0.717, 1.165) is 16.8 Å². The molecule has 0 aromatic heterocycles. The second-order valence-corrected chi connectivity index (χ2v) is 5.14. The second kappa shape index (κ2) is 6.05. The Hall–Kier alpha value is -1.88. The summed E-state index contributed by atoms with van der Waals surface area (Å²) in [7, 11) is 0. The molecule has 0 saturated carbocycles. The van der Waals surface area contributed by atoms with E-state index in [-0.39, 0.29) is 12.3 Å². The molecule has 20 heavy (non-hydrogen) atoms. The zero-order valence-corrected chi connectivity index (χ0v) is 11.5. The van der Waals surface area contributed by atoms with Crippen molar-refractivity contribution in [1.29, 1.82) is 0 Å². The molecule has 0 radical (unpaired) electrons. The van der Waals surface area contributed by atoms with Gasteiger partial charge in [0, 0.05) is 18.7 Å². The molecule has 1 unspecified atom stereocenters. The van der Waals surface area contributed by atoms with E-state index in [1.807, 2.05) is 18.2 Å². The quantitative estimate of drug-likeness (QED) is 0.778. The minimum atomic E-state index is -0.806. The number of aliphatic hydroxyl groups is 1. The third-order valence-electron chi connectivity index (χ3n) is 3.54. The van der Waals surface area contributed by atoms with Gasteiger partial charge in [-0.1, -0.05) is 12.1 Å². The van der Waals surface area contributed by atoms with Crippen LogP contribution in [0.25, 0.3) is 0 Å². The first-order chi connectivity index (χ1) is 9.49. The molecule has 0 fully saturated rings. The highest BCUT2D eigenvalue weighted by atomic mass is 16.4. The maximum atomic E-state index is 12.0. The first kappa shape index (κ1) is 14.5. The molecule has 0 spiro atoms. The number of hydrogen-bond donors (Lipinski definition) is 2. The highest BCUT2D eigenvalue weighted by Crippen LogP contribution is 2.31. The number of rotatable bonds is 6. The standard InChI is InChI=1S/C15H19NO4/c1-10(17)11-5-6-13-12(8-11)9-14(18)16(13)7-3-2-4-15(19)20/h5-6,8,10,17H,2-4,7,9H2,1H3,(H,19,20). The second-order valence-electron chi connectivity index (χ2n) is 5.14. The van der Waals surface area contributed by atoms with Crippen LogP contribution >= 0.6 is 0 Å². The minimum Gasteiger partial charge on any atom is -0.481 e. The molecule has 0 bridgehead atoms. The summed E-state index contributed by atoms with van der Waals surface area (Å²) < 4.78 is 0. The summed E-state index contributed by atoms with van der Waals surface area (Å²) in [5.41, 5.74) is 2.63. The first-order valence-corrected chi connectivity index (χ1v) is 6.82. The Balaban J connectivity index is 2.03. The number of aliphatic carboxylic acids is 1. The van der Waals surface area contributed by atoms with Crippen LogP contribution in [0.5, 0.6) is 0 Å². The average Bonchev–Trinajstić information content (AvgIpc) is 2.69. The summed E-state index contributed by atoms with van der Waals surface area (Å²) in [6.07, 6.45) is 1.19. The van der Waals surface area contributed by atoms with Crippen LogP contribution in [0.1, 0.15) is 43.4 Å². The van der Waals surface area contributed by atoms with E-state index >= 15 is 0 Å². The van der Waals surface area contributed by atoms with Crippen molar-refractivity contribution in [2.75, 3.05) is 11.4 Å². The number of hydrogen-bond acceptors (Lipinski definition) is 3. The smallest absolute Gasteiger partial charge is 0.303 e. The molecule has 1 aliphatic rings. The molecule has 108 valence electrons. The topological polar surface area (TPSA) is 77.8 Å². The van der Waals surface area contributed by atoms with Crippen LogP contribution in [-0.4, -0.2) is 28.6 Å². The van der Waals surface area contributed by atoms with Crippen molar-refractivity contribution in [3.63, 3.8) is 0 Å². The molecule has 1 aromatic rings. The number of amides is 1. The van der Waals surface area contributed by atoms with Crippen molar-refractivity contribution < 1.29 is 19.8 Å². The summed E-state index contributed by atoms with van der Waals surface area (Å²) in [4.78, 5) is 24.2. The van der Waals surface area contributed by atoms with Gasteiger partial charge in [-0.05, 0) is 37.0 Å². The molecule has 1 aliphatic heterocycles. The first-order valence-electron chi connectivity index (χ1n) is 6.82. The lowest BCUT2D eigenvalue weighted by Crippen LogP contribution is -2.27. The summed E-state index contributed by atoms with van der Waals surface area (Å²) in [5, 5.41) is 18.2. The monoisotopic (exact) mass is 277 g/mol. The molecule has 1 heterocycles. The van der Waals surface area contributed by atoms with Gasteiger partial charge in [0.25, 0.3) is 0 Å². The number of carboxylic acids is 1. The SMILES string of the molecule is CC(O)c1ccc2c(c1)CC(=O)N2CCCCC(=O)O. The summed E-state index contributed by atoms with van der Waals surface area (Å²) in [6.45, 7) is 2.25. The number of aliphatic hydroxyl groups excluding tert-OH is 1. The van der Waals surface area contributed by atoms with Crippen molar-refractivity contribution >= 4 is 17.6 Å². The number of unbranched alkanes of at least 4 members (excludes halogenated alkanes) is 1. The van der Waals surface area contributed by atoms with Gasteiger partial charge in [-0.3, -0.25) is 9.59 Å². The molecular formula is C15H19NO4. The number of carboxylic acid groups (broad SMARTS) is 1. The number of nitrogens with zero attached hydrogens (tertiary/aromatic N) is 1. The Morgan fingerprint density at radius 2 is 2.15 bits per heavy atom. The van der Waals surface area contributed by atoms with Gasteiger partial charge in [0.15, 0.2) is 0 Å². The molecule has 1 aromatic carbocycles. The van der Waals surface area contributed by atoms with Crippen molar-refractivity contribution in [2.45, 2.75) is 38.7 Å². The maximum absolute atomic E-state index is 12.0. The Morgan fingerprint density at radius 1 is 1.40 bits per heavy atom.